The number of aromatic nitrogens is 4. The molecular weight excluding hydrogens is 282 g/mol. The van der Waals surface area contributed by atoms with Gasteiger partial charge in [-0.3, -0.25) is 13.9 Å². The normalized spacial score (nSPS) is 11.7. The molecule has 122 valence electrons. The van der Waals surface area contributed by atoms with E-state index in [1.54, 1.807) is 4.57 Å². The van der Waals surface area contributed by atoms with Gasteiger partial charge in [0.2, 0.25) is 0 Å². The van der Waals surface area contributed by atoms with Gasteiger partial charge < -0.3 is 10.3 Å². The Kier molecular flexibility index (Phi) is 4.85. The molecule has 0 unspecified atom stereocenters. The maximum atomic E-state index is 12.6. The zero-order valence-electron chi connectivity index (χ0n) is 13.8. The van der Waals surface area contributed by atoms with E-state index in [2.05, 4.69) is 4.98 Å². The molecule has 0 saturated carbocycles. The molecule has 2 N–H and O–H groups in total. The summed E-state index contributed by atoms with van der Waals surface area (Å²) in [6, 6.07) is 0. The van der Waals surface area contributed by atoms with Crippen molar-refractivity contribution in [2.24, 2.45) is 18.7 Å². The number of aryl methyl sites for hydroxylation is 2. The van der Waals surface area contributed by atoms with E-state index >= 15 is 0 Å². The van der Waals surface area contributed by atoms with Crippen molar-refractivity contribution in [1.29, 1.82) is 0 Å². The Hall–Kier alpha value is -1.89. The van der Waals surface area contributed by atoms with Crippen LogP contribution in [0.1, 0.15) is 33.0 Å². The molecule has 0 aliphatic heterocycles. The highest BCUT2D eigenvalue weighted by molar-refractivity contribution is 5.71. The summed E-state index contributed by atoms with van der Waals surface area (Å²) < 4.78 is 4.70. The van der Waals surface area contributed by atoms with E-state index in [0.29, 0.717) is 37.2 Å². The second-order valence-corrected chi connectivity index (χ2v) is 6.00. The molecule has 0 bridgehead atoms. The SMILES string of the molecule is CCc1nc2c(c(=O)n(C)c(=O)n2CC(C)C)n1CCCN. The van der Waals surface area contributed by atoms with Crippen molar-refractivity contribution in [3.05, 3.63) is 26.7 Å². The van der Waals surface area contributed by atoms with Crippen LogP contribution in [0.4, 0.5) is 0 Å². The lowest BCUT2D eigenvalue weighted by Crippen LogP contribution is -2.39. The van der Waals surface area contributed by atoms with E-state index in [4.69, 9.17) is 5.73 Å². The summed E-state index contributed by atoms with van der Waals surface area (Å²) >= 11 is 0. The molecule has 0 fully saturated rings. The Bertz CT molecular complexity index is 782. The Morgan fingerprint density at radius 1 is 1.23 bits per heavy atom. The minimum Gasteiger partial charge on any atom is -0.330 e. The van der Waals surface area contributed by atoms with Crippen molar-refractivity contribution in [2.75, 3.05) is 6.54 Å². The lowest BCUT2D eigenvalue weighted by molar-refractivity contribution is 0.499. The molecular formula is C15H25N5O2. The highest BCUT2D eigenvalue weighted by atomic mass is 16.2. The number of hydrogen-bond donors (Lipinski definition) is 1. The fourth-order valence-electron chi connectivity index (χ4n) is 2.69. The summed E-state index contributed by atoms with van der Waals surface area (Å²) in [5.41, 5.74) is 6.00. The predicted octanol–water partition coefficient (Wildman–Crippen LogP) is 0.464. The molecule has 2 rings (SSSR count). The number of imidazole rings is 1. The third kappa shape index (κ3) is 2.72. The molecule has 0 atom stereocenters. The van der Waals surface area contributed by atoms with Crippen molar-refractivity contribution in [1.82, 2.24) is 18.7 Å². The minimum absolute atomic E-state index is 0.288. The topological polar surface area (TPSA) is 87.8 Å². The zero-order valence-corrected chi connectivity index (χ0v) is 13.8. The Morgan fingerprint density at radius 3 is 2.45 bits per heavy atom. The fourth-order valence-corrected chi connectivity index (χ4v) is 2.69. The zero-order chi connectivity index (χ0) is 16.4. The van der Waals surface area contributed by atoms with E-state index in [9.17, 15) is 9.59 Å². The van der Waals surface area contributed by atoms with E-state index in [1.165, 1.54) is 11.6 Å². The van der Waals surface area contributed by atoms with Crippen LogP contribution in [0, 0.1) is 5.92 Å². The number of nitrogens with zero attached hydrogens (tertiary/aromatic N) is 4. The molecule has 0 spiro atoms. The lowest BCUT2D eigenvalue weighted by atomic mass is 10.2. The van der Waals surface area contributed by atoms with E-state index in [-0.39, 0.29) is 17.2 Å². The van der Waals surface area contributed by atoms with Gasteiger partial charge in [-0.1, -0.05) is 20.8 Å². The van der Waals surface area contributed by atoms with Crippen LogP contribution < -0.4 is 17.0 Å². The van der Waals surface area contributed by atoms with Gasteiger partial charge in [-0.05, 0) is 18.9 Å². The van der Waals surface area contributed by atoms with Gasteiger partial charge in [0.1, 0.15) is 5.82 Å². The summed E-state index contributed by atoms with van der Waals surface area (Å²) in [5.74, 6) is 1.11. The summed E-state index contributed by atoms with van der Waals surface area (Å²) in [4.78, 5) is 29.5. The smallest absolute Gasteiger partial charge is 0.330 e. The average Bonchev–Trinajstić information content (AvgIpc) is 2.85. The standard InChI is InChI=1S/C15H25N5O2/c1-5-11-17-13-12(19(11)8-6-7-16)14(21)18(4)15(22)20(13)9-10(2)3/h10H,5-9,16H2,1-4H3. The summed E-state index contributed by atoms with van der Waals surface area (Å²) in [6.45, 7) is 7.81. The van der Waals surface area contributed by atoms with E-state index in [1.807, 2.05) is 25.3 Å². The first-order valence-corrected chi connectivity index (χ1v) is 7.81. The molecule has 0 aromatic carbocycles. The van der Waals surface area contributed by atoms with Crippen molar-refractivity contribution in [3.63, 3.8) is 0 Å². The van der Waals surface area contributed by atoms with Crippen LogP contribution in [0.5, 0.6) is 0 Å². The summed E-state index contributed by atoms with van der Waals surface area (Å²) in [5, 5.41) is 0. The van der Waals surface area contributed by atoms with Crippen molar-refractivity contribution >= 4 is 11.2 Å². The first-order chi connectivity index (χ1) is 10.4. The van der Waals surface area contributed by atoms with Gasteiger partial charge in [-0.2, -0.15) is 0 Å². The van der Waals surface area contributed by atoms with Gasteiger partial charge in [0, 0.05) is 26.6 Å². The summed E-state index contributed by atoms with van der Waals surface area (Å²) in [7, 11) is 1.52. The molecule has 7 heteroatoms. The van der Waals surface area contributed by atoms with Gasteiger partial charge in [-0.25, -0.2) is 9.78 Å². The highest BCUT2D eigenvalue weighted by Crippen LogP contribution is 2.14. The monoisotopic (exact) mass is 307 g/mol. The Balaban J connectivity index is 2.84. The van der Waals surface area contributed by atoms with Crippen molar-refractivity contribution < 1.29 is 0 Å². The fraction of sp³-hybridized carbons (Fsp3) is 0.667. The third-order valence-electron chi connectivity index (χ3n) is 3.76. The average molecular weight is 307 g/mol. The van der Waals surface area contributed by atoms with Gasteiger partial charge >= 0.3 is 5.69 Å². The van der Waals surface area contributed by atoms with Crippen LogP contribution in [0.15, 0.2) is 9.59 Å². The minimum atomic E-state index is -0.308. The first-order valence-electron chi connectivity index (χ1n) is 7.81. The van der Waals surface area contributed by atoms with E-state index in [0.717, 1.165) is 12.2 Å². The van der Waals surface area contributed by atoms with Crippen LogP contribution in [-0.2, 0) is 26.6 Å². The molecule has 2 heterocycles. The van der Waals surface area contributed by atoms with Crippen LogP contribution in [0.3, 0.4) is 0 Å². The van der Waals surface area contributed by atoms with Gasteiger partial charge in [-0.15, -0.1) is 0 Å². The van der Waals surface area contributed by atoms with Crippen LogP contribution in [0.25, 0.3) is 11.2 Å². The third-order valence-corrected chi connectivity index (χ3v) is 3.76. The number of fused-ring (bicyclic) bond motifs is 1. The maximum Gasteiger partial charge on any atom is 0.332 e. The largest absolute Gasteiger partial charge is 0.332 e. The first kappa shape index (κ1) is 16.5. The number of rotatable bonds is 6. The van der Waals surface area contributed by atoms with Crippen LogP contribution in [-0.4, -0.2) is 25.2 Å². The van der Waals surface area contributed by atoms with Gasteiger partial charge in [0.15, 0.2) is 11.2 Å². The molecule has 0 saturated heterocycles. The number of nitrogens with two attached hydrogens (primary N) is 1. The van der Waals surface area contributed by atoms with Gasteiger partial charge in [0.25, 0.3) is 5.56 Å². The molecule has 0 radical (unpaired) electrons. The maximum absolute atomic E-state index is 12.6. The lowest BCUT2D eigenvalue weighted by Gasteiger charge is -2.12. The second kappa shape index (κ2) is 6.48. The highest BCUT2D eigenvalue weighted by Gasteiger charge is 2.19. The quantitative estimate of drug-likeness (QED) is 0.840. The predicted molar refractivity (Wildman–Crippen MR) is 87.1 cm³/mol. The molecule has 0 aliphatic carbocycles. The number of hydrogen-bond acceptors (Lipinski definition) is 4. The molecule has 7 nitrogen and oxygen atoms in total. The molecule has 2 aromatic rings. The second-order valence-electron chi connectivity index (χ2n) is 6.00. The van der Waals surface area contributed by atoms with E-state index < -0.39 is 0 Å². The molecule has 0 aliphatic rings. The van der Waals surface area contributed by atoms with Crippen molar-refractivity contribution in [3.8, 4) is 0 Å². The summed E-state index contributed by atoms with van der Waals surface area (Å²) in [6.07, 6.45) is 1.48. The molecule has 22 heavy (non-hydrogen) atoms. The molecule has 0 amide bonds. The van der Waals surface area contributed by atoms with Crippen LogP contribution >= 0.6 is 0 Å². The Labute approximate surface area is 129 Å². The van der Waals surface area contributed by atoms with Gasteiger partial charge in [0.05, 0.1) is 0 Å². The molecule has 2 aromatic heterocycles. The Morgan fingerprint density at radius 2 is 1.91 bits per heavy atom. The van der Waals surface area contributed by atoms with Crippen LogP contribution in [0.2, 0.25) is 0 Å². The van der Waals surface area contributed by atoms with Crippen molar-refractivity contribution in [2.45, 2.75) is 46.7 Å².